The first-order valence-corrected chi connectivity index (χ1v) is 41.5. The molecule has 0 aliphatic rings. The molecule has 4 aromatic heterocycles. The molecule has 23 aromatic rings. The minimum atomic E-state index is 0.571. The first-order chi connectivity index (χ1) is 58.5. The van der Waals surface area contributed by atoms with Crippen LogP contribution in [-0.2, 0) is 0 Å². The van der Waals surface area contributed by atoms with Crippen molar-refractivity contribution in [3.05, 3.63) is 400 Å². The lowest BCUT2D eigenvalue weighted by Crippen LogP contribution is -2.01. The van der Waals surface area contributed by atoms with Crippen molar-refractivity contribution in [1.82, 2.24) is 29.9 Å². The quantitative estimate of drug-likeness (QED) is 0.114. The number of hydrogen-bond donors (Lipinski definition) is 0. The summed E-state index contributed by atoms with van der Waals surface area (Å²) < 4.78 is 4.57. The van der Waals surface area contributed by atoms with Crippen LogP contribution in [0.25, 0.3) is 240 Å². The van der Waals surface area contributed by atoms with Gasteiger partial charge in [0.15, 0.2) is 34.9 Å². The van der Waals surface area contributed by atoms with Crippen molar-refractivity contribution >= 4 is 117 Å². The maximum Gasteiger partial charge on any atom is 0.165 e. The molecule has 0 amide bonds. The van der Waals surface area contributed by atoms with Crippen molar-refractivity contribution in [1.29, 1.82) is 0 Å². The Balaban J connectivity index is 0.648. The number of fused-ring (bicyclic) bond motifs is 11. The summed E-state index contributed by atoms with van der Waals surface area (Å²) >= 11 is 3.54. The molecule has 0 saturated heterocycles. The van der Waals surface area contributed by atoms with E-state index in [9.17, 15) is 0 Å². The van der Waals surface area contributed by atoms with Crippen molar-refractivity contribution in [3.8, 4) is 146 Å². The molecule has 0 N–H and O–H groups in total. The summed E-state index contributed by atoms with van der Waals surface area (Å²) in [5.41, 5.74) is 21.7. The van der Waals surface area contributed by atoms with Crippen LogP contribution in [0.3, 0.4) is 0 Å². The van der Waals surface area contributed by atoms with Crippen LogP contribution < -0.4 is 0 Å². The second-order valence-electron chi connectivity index (χ2n) is 30.1. The molecule has 0 aliphatic heterocycles. The molecule has 8 heteroatoms. The molecule has 0 saturated carbocycles. The number of thiophene rings is 2. The molecule has 19 aromatic carbocycles. The van der Waals surface area contributed by atoms with E-state index in [1.807, 2.05) is 18.2 Å². The van der Waals surface area contributed by atoms with Gasteiger partial charge in [-0.05, 0) is 180 Å². The Kier molecular flexibility index (Phi) is 16.5. The molecule has 4 heterocycles. The summed E-state index contributed by atoms with van der Waals surface area (Å²) in [6.45, 7) is 0. The standard InChI is InChI=1S/C110H66N6S2/c1-4-27-67(28-5-1)70-33-24-34-71(65-70)75-54-57-88(80-40-13-11-38-78(75)80)91-60-63-96(86-46-19-16-43-83(86)91)108-113-106(114-109(115-108)98-50-26-49-94-93-47-20-22-51-100(93)117-103(94)98)73-36-25-35-72(66-73)76-55-64-99(104-102(76)97-48-21-23-52-101(97)118-104)110-112-105(69-31-8-3-9-32-69)111-107(116-110)95-62-61-92(84-44-17-18-45-85(84)95)90-59-58-89(81-41-14-15-42-82(81)90)87-56-53-74(68-29-6-2-7-30-68)77-37-10-12-39-79(77)87/h1-66H. The van der Waals surface area contributed by atoms with Crippen LogP contribution in [0.15, 0.2) is 400 Å². The minimum absolute atomic E-state index is 0.571. The van der Waals surface area contributed by atoms with Crippen LogP contribution in [0.2, 0.25) is 0 Å². The maximum absolute atomic E-state index is 5.61. The zero-order chi connectivity index (χ0) is 77.7. The van der Waals surface area contributed by atoms with E-state index in [2.05, 4.69) is 382 Å². The molecule has 23 rings (SSSR count). The molecule has 0 fully saturated rings. The zero-order valence-electron chi connectivity index (χ0n) is 63.6. The average molecular weight is 1540 g/mol. The van der Waals surface area contributed by atoms with Gasteiger partial charge in [0.1, 0.15) is 0 Å². The van der Waals surface area contributed by atoms with E-state index in [1.165, 1.54) is 92.3 Å². The Morgan fingerprint density at radius 3 is 0.898 bits per heavy atom. The molecule has 118 heavy (non-hydrogen) atoms. The Morgan fingerprint density at radius 2 is 0.407 bits per heavy atom. The molecular weight excluding hydrogens is 1470 g/mol. The summed E-state index contributed by atoms with van der Waals surface area (Å²) in [6.07, 6.45) is 0. The van der Waals surface area contributed by atoms with E-state index in [-0.39, 0.29) is 0 Å². The summed E-state index contributed by atoms with van der Waals surface area (Å²) in [4.78, 5) is 33.2. The molecule has 548 valence electrons. The molecular formula is C110H66N6S2. The molecule has 0 aliphatic carbocycles. The highest BCUT2D eigenvalue weighted by Gasteiger charge is 2.26. The Morgan fingerprint density at radius 1 is 0.136 bits per heavy atom. The largest absolute Gasteiger partial charge is 0.208 e. The lowest BCUT2D eigenvalue weighted by molar-refractivity contribution is 1.08. The Hall–Kier alpha value is -15.1. The van der Waals surface area contributed by atoms with Crippen molar-refractivity contribution in [3.63, 3.8) is 0 Å². The van der Waals surface area contributed by atoms with E-state index in [0.717, 1.165) is 113 Å². The predicted octanol–water partition coefficient (Wildman–Crippen LogP) is 30.2. The number of rotatable bonds is 13. The molecule has 0 bridgehead atoms. The summed E-state index contributed by atoms with van der Waals surface area (Å²) in [6, 6.07) is 144. The van der Waals surface area contributed by atoms with Crippen LogP contribution in [0, 0.1) is 0 Å². The van der Waals surface area contributed by atoms with E-state index in [1.54, 1.807) is 22.7 Å². The smallest absolute Gasteiger partial charge is 0.165 e. The van der Waals surface area contributed by atoms with Crippen LogP contribution in [0.5, 0.6) is 0 Å². The fourth-order valence-corrected chi connectivity index (χ4v) is 20.4. The fourth-order valence-electron chi connectivity index (χ4n) is 18.0. The maximum atomic E-state index is 5.61. The first-order valence-electron chi connectivity index (χ1n) is 39.9. The Labute approximate surface area is 688 Å². The number of aromatic nitrogens is 6. The van der Waals surface area contributed by atoms with Gasteiger partial charge in [-0.15, -0.1) is 22.7 Å². The van der Waals surface area contributed by atoms with Crippen molar-refractivity contribution in [2.45, 2.75) is 0 Å². The monoisotopic (exact) mass is 1530 g/mol. The van der Waals surface area contributed by atoms with Crippen LogP contribution in [-0.4, -0.2) is 29.9 Å². The molecule has 0 radical (unpaired) electrons. The van der Waals surface area contributed by atoms with E-state index >= 15 is 0 Å². The van der Waals surface area contributed by atoms with Crippen molar-refractivity contribution in [2.24, 2.45) is 0 Å². The number of benzene rings is 19. The second-order valence-corrected chi connectivity index (χ2v) is 32.3. The third-order valence-electron chi connectivity index (χ3n) is 23.5. The van der Waals surface area contributed by atoms with E-state index in [0.29, 0.717) is 34.9 Å². The summed E-state index contributed by atoms with van der Waals surface area (Å²) in [5, 5.41) is 16.1. The highest BCUT2D eigenvalue weighted by atomic mass is 32.1. The molecule has 0 spiro atoms. The lowest BCUT2D eigenvalue weighted by atomic mass is 9.87. The minimum Gasteiger partial charge on any atom is -0.208 e. The van der Waals surface area contributed by atoms with Crippen molar-refractivity contribution in [2.75, 3.05) is 0 Å². The highest BCUT2D eigenvalue weighted by molar-refractivity contribution is 7.26. The Bertz CT molecular complexity index is 8010. The van der Waals surface area contributed by atoms with Gasteiger partial charge in [-0.25, -0.2) is 29.9 Å². The number of nitrogens with zero attached hydrogens (tertiary/aromatic N) is 6. The van der Waals surface area contributed by atoms with E-state index < -0.39 is 0 Å². The van der Waals surface area contributed by atoms with Gasteiger partial charge in [-0.2, -0.15) is 0 Å². The SMILES string of the molecule is c1ccc(-c2cccc(-c3ccc(-c4ccc(-c5nc(-c6cccc(-c7ccc(-c8nc(-c9ccccc9)nc(-c9ccc(-c%10ccc(-c%11ccc(-c%12ccccc%12)c%12ccccc%11%12)c%11ccccc%10%11)c%10ccccc9%10)n8)c8sc9ccccc9c78)c6)nc(-c6cccc7c6sc6ccccc67)n5)c5ccccc45)c4ccccc34)c2)cc1. The molecule has 6 nitrogen and oxygen atoms in total. The summed E-state index contributed by atoms with van der Waals surface area (Å²) in [5.74, 6) is 3.54. The third kappa shape index (κ3) is 11.7. The van der Waals surface area contributed by atoms with Gasteiger partial charge in [0.05, 0.1) is 0 Å². The van der Waals surface area contributed by atoms with Gasteiger partial charge in [-0.1, -0.05) is 352 Å². The third-order valence-corrected chi connectivity index (χ3v) is 25.9. The second kappa shape index (κ2) is 28.5. The van der Waals surface area contributed by atoms with Gasteiger partial charge in [0, 0.05) is 73.7 Å². The van der Waals surface area contributed by atoms with Gasteiger partial charge < -0.3 is 0 Å². The van der Waals surface area contributed by atoms with Gasteiger partial charge in [0.2, 0.25) is 0 Å². The predicted molar refractivity (Wildman–Crippen MR) is 497 cm³/mol. The highest BCUT2D eigenvalue weighted by Crippen LogP contribution is 2.50. The van der Waals surface area contributed by atoms with E-state index in [4.69, 9.17) is 29.9 Å². The number of hydrogen-bond acceptors (Lipinski definition) is 8. The van der Waals surface area contributed by atoms with Gasteiger partial charge >= 0.3 is 0 Å². The first kappa shape index (κ1) is 68.5. The molecule has 0 unspecified atom stereocenters. The fraction of sp³-hybridized carbons (Fsp3) is 0. The normalized spacial score (nSPS) is 11.7. The average Bonchev–Trinajstić information content (AvgIpc) is 1.56. The van der Waals surface area contributed by atoms with Gasteiger partial charge in [0.25, 0.3) is 0 Å². The van der Waals surface area contributed by atoms with Crippen LogP contribution in [0.4, 0.5) is 0 Å². The van der Waals surface area contributed by atoms with Crippen LogP contribution >= 0.6 is 22.7 Å². The van der Waals surface area contributed by atoms with Gasteiger partial charge in [-0.3, -0.25) is 0 Å². The topological polar surface area (TPSA) is 77.3 Å². The molecule has 0 atom stereocenters. The van der Waals surface area contributed by atoms with Crippen LogP contribution in [0.1, 0.15) is 0 Å². The lowest BCUT2D eigenvalue weighted by Gasteiger charge is -2.17. The summed E-state index contributed by atoms with van der Waals surface area (Å²) in [7, 11) is 0. The van der Waals surface area contributed by atoms with Crippen molar-refractivity contribution < 1.29 is 0 Å². The zero-order valence-corrected chi connectivity index (χ0v) is 65.2.